The zero-order chi connectivity index (χ0) is 7.84. The van der Waals surface area contributed by atoms with Crippen molar-refractivity contribution in [1.82, 2.24) is 14.6 Å². The third-order valence-corrected chi connectivity index (χ3v) is 1.85. The number of aryl methyl sites for hydroxylation is 1. The van der Waals surface area contributed by atoms with Gasteiger partial charge in [-0.2, -0.15) is 5.10 Å². The summed E-state index contributed by atoms with van der Waals surface area (Å²) >= 11 is 5.05. The number of aromatic amines is 1. The molecule has 0 radical (unpaired) electrons. The number of fused-ring (bicyclic) bond motifs is 1. The van der Waals surface area contributed by atoms with Crippen molar-refractivity contribution in [3.8, 4) is 0 Å². The van der Waals surface area contributed by atoms with Crippen LogP contribution in [-0.2, 0) is 0 Å². The van der Waals surface area contributed by atoms with Crippen LogP contribution in [0.4, 0.5) is 0 Å². The highest BCUT2D eigenvalue weighted by Gasteiger charge is 1.96. The maximum atomic E-state index is 5.05. The van der Waals surface area contributed by atoms with Crippen LogP contribution < -0.4 is 0 Å². The van der Waals surface area contributed by atoms with Crippen LogP contribution in [0.15, 0.2) is 18.5 Å². The van der Waals surface area contributed by atoms with Crippen LogP contribution in [0.3, 0.4) is 0 Å². The molecule has 4 heteroatoms. The van der Waals surface area contributed by atoms with E-state index in [4.69, 9.17) is 12.2 Å². The predicted molar refractivity (Wildman–Crippen MR) is 45.1 cm³/mol. The van der Waals surface area contributed by atoms with Crippen molar-refractivity contribution in [2.75, 3.05) is 0 Å². The van der Waals surface area contributed by atoms with Gasteiger partial charge in [-0.15, -0.1) is 0 Å². The molecule has 0 unspecified atom stereocenters. The summed E-state index contributed by atoms with van der Waals surface area (Å²) in [6, 6.07) is 1.96. The van der Waals surface area contributed by atoms with Crippen molar-refractivity contribution >= 4 is 17.7 Å². The molecule has 0 aromatic carbocycles. The lowest BCUT2D eigenvalue weighted by atomic mass is 10.4. The van der Waals surface area contributed by atoms with Crippen LogP contribution >= 0.6 is 12.2 Å². The lowest BCUT2D eigenvalue weighted by Crippen LogP contribution is -1.87. The van der Waals surface area contributed by atoms with Gasteiger partial charge in [-0.05, 0) is 13.0 Å². The molecule has 0 aliphatic rings. The Bertz CT molecular complexity index is 440. The lowest BCUT2D eigenvalue weighted by molar-refractivity contribution is 0.919. The summed E-state index contributed by atoms with van der Waals surface area (Å²) in [6.07, 6.45) is 3.62. The van der Waals surface area contributed by atoms with Crippen LogP contribution in [0.2, 0.25) is 0 Å². The van der Waals surface area contributed by atoms with Crippen LogP contribution in [-0.4, -0.2) is 14.6 Å². The largest absolute Gasteiger partial charge is 0.350 e. The molecule has 2 aromatic rings. The van der Waals surface area contributed by atoms with Crippen LogP contribution in [0, 0.1) is 11.6 Å². The minimum atomic E-state index is 0.730. The van der Waals surface area contributed by atoms with E-state index in [0.29, 0.717) is 0 Å². The van der Waals surface area contributed by atoms with E-state index in [-0.39, 0.29) is 0 Å². The Morgan fingerprint density at radius 1 is 1.64 bits per heavy atom. The number of hydrogen-bond donors (Lipinski definition) is 1. The van der Waals surface area contributed by atoms with Gasteiger partial charge in [0.05, 0.1) is 5.69 Å². The molecule has 0 fully saturated rings. The van der Waals surface area contributed by atoms with Gasteiger partial charge in [0.25, 0.3) is 0 Å². The molecule has 56 valence electrons. The summed E-state index contributed by atoms with van der Waals surface area (Å²) in [5.74, 6) is 0. The molecule has 0 aliphatic carbocycles. The zero-order valence-electron chi connectivity index (χ0n) is 6.03. The van der Waals surface area contributed by atoms with E-state index in [0.717, 1.165) is 15.9 Å². The molecule has 11 heavy (non-hydrogen) atoms. The van der Waals surface area contributed by atoms with Gasteiger partial charge in [0.2, 0.25) is 0 Å². The van der Waals surface area contributed by atoms with E-state index in [9.17, 15) is 0 Å². The Balaban J connectivity index is 3.02. The number of hydrogen-bond acceptors (Lipinski definition) is 2. The Morgan fingerprint density at radius 3 is 3.18 bits per heavy atom. The van der Waals surface area contributed by atoms with Crippen molar-refractivity contribution < 1.29 is 0 Å². The summed E-state index contributed by atoms with van der Waals surface area (Å²) in [5, 5.41) is 4.20. The molecule has 2 heterocycles. The molecular formula is C7H7N3S. The van der Waals surface area contributed by atoms with E-state index < -0.39 is 0 Å². The molecule has 0 spiro atoms. The fourth-order valence-corrected chi connectivity index (χ4v) is 1.28. The second kappa shape index (κ2) is 2.17. The van der Waals surface area contributed by atoms with Crippen LogP contribution in [0.25, 0.3) is 5.52 Å². The minimum absolute atomic E-state index is 0.730. The van der Waals surface area contributed by atoms with Gasteiger partial charge < -0.3 is 4.98 Å². The van der Waals surface area contributed by atoms with Gasteiger partial charge in [-0.3, -0.25) is 0 Å². The fourth-order valence-electron chi connectivity index (χ4n) is 1.06. The summed E-state index contributed by atoms with van der Waals surface area (Å²) in [7, 11) is 0. The monoisotopic (exact) mass is 165 g/mol. The van der Waals surface area contributed by atoms with Gasteiger partial charge in [0, 0.05) is 12.4 Å². The normalized spacial score (nSPS) is 10.6. The maximum Gasteiger partial charge on any atom is 0.129 e. The molecule has 2 aromatic heterocycles. The van der Waals surface area contributed by atoms with Crippen LogP contribution in [0.5, 0.6) is 0 Å². The third kappa shape index (κ3) is 0.952. The molecule has 0 atom stereocenters. The molecule has 0 bridgehead atoms. The molecule has 1 N–H and O–H groups in total. The van der Waals surface area contributed by atoms with Crippen molar-refractivity contribution in [3.05, 3.63) is 28.8 Å². The summed E-state index contributed by atoms with van der Waals surface area (Å²) < 4.78 is 2.50. The Morgan fingerprint density at radius 2 is 2.45 bits per heavy atom. The average molecular weight is 165 g/mol. The second-order valence-corrected chi connectivity index (χ2v) is 2.81. The molecule has 2 rings (SSSR count). The molecule has 0 aliphatic heterocycles. The summed E-state index contributed by atoms with van der Waals surface area (Å²) in [4.78, 5) is 2.94. The fraction of sp³-hybridized carbons (Fsp3) is 0.143. The van der Waals surface area contributed by atoms with Gasteiger partial charge in [0.1, 0.15) is 10.2 Å². The van der Waals surface area contributed by atoms with E-state index in [1.165, 1.54) is 0 Å². The first-order valence-corrected chi connectivity index (χ1v) is 3.72. The zero-order valence-corrected chi connectivity index (χ0v) is 6.85. The Labute approximate surface area is 68.7 Å². The van der Waals surface area contributed by atoms with Crippen molar-refractivity contribution in [2.45, 2.75) is 6.92 Å². The Kier molecular flexibility index (Phi) is 1.29. The number of aromatic nitrogens is 3. The quantitative estimate of drug-likeness (QED) is 0.603. The van der Waals surface area contributed by atoms with Crippen LogP contribution in [0.1, 0.15) is 5.69 Å². The second-order valence-electron chi connectivity index (χ2n) is 2.40. The summed E-state index contributed by atoms with van der Waals surface area (Å²) in [5.41, 5.74) is 1.94. The highest BCUT2D eigenvalue weighted by Crippen LogP contribution is 2.04. The topological polar surface area (TPSA) is 33.1 Å². The highest BCUT2D eigenvalue weighted by atomic mass is 32.1. The van der Waals surface area contributed by atoms with E-state index in [1.807, 2.05) is 19.2 Å². The number of nitrogens with one attached hydrogen (secondary N) is 1. The summed E-state index contributed by atoms with van der Waals surface area (Å²) in [6.45, 7) is 1.95. The van der Waals surface area contributed by atoms with Crippen molar-refractivity contribution in [1.29, 1.82) is 0 Å². The van der Waals surface area contributed by atoms with Gasteiger partial charge in [0.15, 0.2) is 0 Å². The van der Waals surface area contributed by atoms with Crippen molar-refractivity contribution in [3.63, 3.8) is 0 Å². The third-order valence-electron chi connectivity index (χ3n) is 1.52. The SMILES string of the molecule is Cc1cc2c(=S)[nH]ccn2n1. The predicted octanol–water partition coefficient (Wildman–Crippen LogP) is 1.70. The number of nitrogens with zero attached hydrogens (tertiary/aromatic N) is 2. The molecule has 3 nitrogen and oxygen atoms in total. The lowest BCUT2D eigenvalue weighted by Gasteiger charge is -1.89. The first-order valence-electron chi connectivity index (χ1n) is 3.31. The number of rotatable bonds is 0. The first-order chi connectivity index (χ1) is 5.27. The average Bonchev–Trinajstić information content (AvgIpc) is 2.31. The standard InChI is InChI=1S/C7H7N3S/c1-5-4-6-7(11)8-2-3-10(6)9-5/h2-4H,1H3,(H,8,11). The van der Waals surface area contributed by atoms with Gasteiger partial charge in [-0.25, -0.2) is 4.52 Å². The van der Waals surface area contributed by atoms with Gasteiger partial charge >= 0.3 is 0 Å². The number of H-pyrrole nitrogens is 1. The highest BCUT2D eigenvalue weighted by molar-refractivity contribution is 7.71. The molecule has 0 amide bonds. The minimum Gasteiger partial charge on any atom is -0.350 e. The molecular weight excluding hydrogens is 158 g/mol. The smallest absolute Gasteiger partial charge is 0.129 e. The first kappa shape index (κ1) is 6.54. The van der Waals surface area contributed by atoms with E-state index in [1.54, 1.807) is 10.7 Å². The molecule has 0 saturated heterocycles. The van der Waals surface area contributed by atoms with Gasteiger partial charge in [-0.1, -0.05) is 12.2 Å². The molecule has 0 saturated carbocycles. The van der Waals surface area contributed by atoms with E-state index >= 15 is 0 Å². The van der Waals surface area contributed by atoms with Crippen molar-refractivity contribution in [2.24, 2.45) is 0 Å². The maximum absolute atomic E-state index is 5.05. The Hall–Kier alpha value is -1.16. The van der Waals surface area contributed by atoms with E-state index in [2.05, 4.69) is 10.1 Å².